The first-order chi connectivity index (χ1) is 13.9. The number of ketones is 1. The molecule has 0 spiro atoms. The summed E-state index contributed by atoms with van der Waals surface area (Å²) < 4.78 is 3.15. The number of hydrogen-bond donors (Lipinski definition) is 2. The van der Waals surface area contributed by atoms with E-state index in [1.165, 1.54) is 16.3 Å². The van der Waals surface area contributed by atoms with Crippen LogP contribution in [0.15, 0.2) is 46.3 Å². The summed E-state index contributed by atoms with van der Waals surface area (Å²) in [6.45, 7) is 6.13. The molecule has 0 saturated heterocycles. The average molecular weight is 414 g/mol. The molecule has 3 rings (SSSR count). The fourth-order valence-electron chi connectivity index (χ4n) is 3.01. The first-order valence-corrected chi connectivity index (χ1v) is 10.3. The Morgan fingerprint density at radius 3 is 2.62 bits per heavy atom. The van der Waals surface area contributed by atoms with E-state index in [0.717, 1.165) is 12.1 Å². The fraction of sp³-hybridized carbons (Fsp3) is 0.300. The van der Waals surface area contributed by atoms with Gasteiger partial charge in [0, 0.05) is 29.1 Å². The van der Waals surface area contributed by atoms with Crippen LogP contribution in [0.25, 0.3) is 0 Å². The Morgan fingerprint density at radius 2 is 1.93 bits per heavy atom. The van der Waals surface area contributed by atoms with Crippen LogP contribution in [0.2, 0.25) is 0 Å². The van der Waals surface area contributed by atoms with E-state index in [-0.39, 0.29) is 23.1 Å². The van der Waals surface area contributed by atoms with Crippen molar-refractivity contribution in [3.05, 3.63) is 69.4 Å². The van der Waals surface area contributed by atoms with Gasteiger partial charge in [0.15, 0.2) is 10.9 Å². The average Bonchev–Trinajstić information content (AvgIpc) is 3.21. The van der Waals surface area contributed by atoms with Gasteiger partial charge >= 0.3 is 5.69 Å². The van der Waals surface area contributed by atoms with E-state index in [1.807, 2.05) is 19.9 Å². The van der Waals surface area contributed by atoms with Gasteiger partial charge in [-0.3, -0.25) is 24.3 Å². The molecule has 9 heteroatoms. The van der Waals surface area contributed by atoms with E-state index in [0.29, 0.717) is 28.5 Å². The minimum absolute atomic E-state index is 0.0955. The van der Waals surface area contributed by atoms with Crippen molar-refractivity contribution in [2.24, 2.45) is 0 Å². The topological polar surface area (TPSA) is 102 Å². The summed E-state index contributed by atoms with van der Waals surface area (Å²) >= 11 is 1.22. The number of benzene rings is 1. The molecule has 29 heavy (non-hydrogen) atoms. The molecule has 152 valence electrons. The van der Waals surface area contributed by atoms with Crippen molar-refractivity contribution in [1.82, 2.24) is 19.4 Å². The first kappa shape index (κ1) is 20.7. The van der Waals surface area contributed by atoms with E-state index in [9.17, 15) is 14.4 Å². The highest BCUT2D eigenvalue weighted by Crippen LogP contribution is 2.20. The quantitative estimate of drug-likeness (QED) is 0.437. The molecule has 0 aliphatic heterocycles. The van der Waals surface area contributed by atoms with Crippen LogP contribution in [0.4, 0.5) is 0 Å². The molecular formula is C20H23N5O3S. The highest BCUT2D eigenvalue weighted by molar-refractivity contribution is 7.99. The number of rotatable bonds is 8. The van der Waals surface area contributed by atoms with Gasteiger partial charge < -0.3 is 0 Å². The van der Waals surface area contributed by atoms with Gasteiger partial charge in [-0.25, -0.2) is 9.89 Å². The minimum atomic E-state index is -0.274. The number of aromatic nitrogens is 4. The Balaban J connectivity index is 1.73. The number of carbonyl (C=O) groups excluding carboxylic acids is 2. The lowest BCUT2D eigenvalue weighted by Gasteiger charge is -2.11. The largest absolute Gasteiger partial charge is 0.343 e. The molecule has 1 amide bonds. The second-order valence-corrected chi connectivity index (χ2v) is 7.54. The number of nitrogens with zero attached hydrogens (tertiary/aromatic N) is 3. The van der Waals surface area contributed by atoms with Gasteiger partial charge in [0.1, 0.15) is 0 Å². The summed E-state index contributed by atoms with van der Waals surface area (Å²) in [6, 6.07) is 10.6. The van der Waals surface area contributed by atoms with Crippen LogP contribution >= 0.6 is 11.8 Å². The molecule has 0 aliphatic rings. The standard InChI is InChI=1S/C20H23N5O3S/c1-4-10-24-19(28)21-22-20(24)29-12-17(26)16-11-13(2)25(14(16)3)23-18(27)15-8-6-5-7-9-15/h5-9,11H,4,10,12H2,1-3H3,(H,21,28)(H,23,27). The third-order valence-corrected chi connectivity index (χ3v) is 5.46. The van der Waals surface area contributed by atoms with Crippen molar-refractivity contribution in [3.63, 3.8) is 0 Å². The van der Waals surface area contributed by atoms with Crippen molar-refractivity contribution in [2.45, 2.75) is 38.9 Å². The summed E-state index contributed by atoms with van der Waals surface area (Å²) in [5.41, 5.74) is 5.03. The van der Waals surface area contributed by atoms with Crippen molar-refractivity contribution < 1.29 is 9.59 Å². The maximum atomic E-state index is 12.8. The zero-order valence-electron chi connectivity index (χ0n) is 16.6. The Morgan fingerprint density at radius 1 is 1.21 bits per heavy atom. The second kappa shape index (κ2) is 8.95. The van der Waals surface area contributed by atoms with Crippen LogP contribution in [0.5, 0.6) is 0 Å². The number of Topliss-reactive ketones (excluding diaryl/α,β-unsaturated/α-hetero) is 1. The Bertz CT molecular complexity index is 1080. The summed E-state index contributed by atoms with van der Waals surface area (Å²) in [7, 11) is 0. The summed E-state index contributed by atoms with van der Waals surface area (Å²) in [5.74, 6) is -0.201. The molecule has 0 unspecified atom stereocenters. The van der Waals surface area contributed by atoms with Crippen LogP contribution in [0.3, 0.4) is 0 Å². The van der Waals surface area contributed by atoms with E-state index in [1.54, 1.807) is 41.9 Å². The summed E-state index contributed by atoms with van der Waals surface area (Å²) in [6.07, 6.45) is 0.795. The molecule has 0 saturated carbocycles. The smallest absolute Gasteiger partial charge is 0.293 e. The van der Waals surface area contributed by atoms with Gasteiger partial charge in [0.05, 0.1) is 5.75 Å². The lowest BCUT2D eigenvalue weighted by atomic mass is 10.2. The lowest BCUT2D eigenvalue weighted by molar-refractivity contribution is 0.0999. The van der Waals surface area contributed by atoms with Crippen LogP contribution in [-0.2, 0) is 6.54 Å². The summed E-state index contributed by atoms with van der Waals surface area (Å²) in [5, 5.41) is 6.91. The van der Waals surface area contributed by atoms with Gasteiger partial charge in [-0.15, -0.1) is 5.10 Å². The zero-order chi connectivity index (χ0) is 21.0. The summed E-state index contributed by atoms with van der Waals surface area (Å²) in [4.78, 5) is 37.0. The number of hydrogen-bond acceptors (Lipinski definition) is 5. The Hall–Kier alpha value is -3.07. The van der Waals surface area contributed by atoms with E-state index >= 15 is 0 Å². The van der Waals surface area contributed by atoms with Crippen molar-refractivity contribution in [1.29, 1.82) is 0 Å². The monoisotopic (exact) mass is 413 g/mol. The number of H-pyrrole nitrogens is 1. The predicted molar refractivity (Wildman–Crippen MR) is 112 cm³/mol. The van der Waals surface area contributed by atoms with E-state index in [2.05, 4.69) is 15.6 Å². The van der Waals surface area contributed by atoms with Crippen LogP contribution < -0.4 is 11.1 Å². The molecule has 0 radical (unpaired) electrons. The van der Waals surface area contributed by atoms with Crippen LogP contribution in [0.1, 0.15) is 45.4 Å². The van der Waals surface area contributed by atoms with Crippen molar-refractivity contribution >= 4 is 23.5 Å². The van der Waals surface area contributed by atoms with Crippen molar-refractivity contribution in [3.8, 4) is 0 Å². The van der Waals surface area contributed by atoms with Crippen molar-refractivity contribution in [2.75, 3.05) is 11.2 Å². The zero-order valence-corrected chi connectivity index (χ0v) is 17.4. The molecular weight excluding hydrogens is 390 g/mol. The molecule has 3 aromatic rings. The molecule has 0 fully saturated rings. The van der Waals surface area contributed by atoms with Gasteiger partial charge in [0.25, 0.3) is 5.91 Å². The lowest BCUT2D eigenvalue weighted by Crippen LogP contribution is -2.25. The number of aromatic amines is 1. The van der Waals surface area contributed by atoms with Gasteiger partial charge in [0.2, 0.25) is 0 Å². The number of thioether (sulfide) groups is 1. The van der Waals surface area contributed by atoms with Crippen LogP contribution in [-0.4, -0.2) is 36.9 Å². The maximum absolute atomic E-state index is 12.8. The van der Waals surface area contributed by atoms with E-state index in [4.69, 9.17) is 0 Å². The maximum Gasteiger partial charge on any atom is 0.343 e. The fourth-order valence-corrected chi connectivity index (χ4v) is 3.87. The molecule has 2 aromatic heterocycles. The molecule has 8 nitrogen and oxygen atoms in total. The number of carbonyl (C=O) groups is 2. The minimum Gasteiger partial charge on any atom is -0.293 e. The van der Waals surface area contributed by atoms with Gasteiger partial charge in [-0.05, 0) is 38.5 Å². The normalized spacial score (nSPS) is 10.9. The third-order valence-electron chi connectivity index (χ3n) is 4.48. The number of nitrogens with one attached hydrogen (secondary N) is 2. The number of amides is 1. The second-order valence-electron chi connectivity index (χ2n) is 6.60. The number of aryl methyl sites for hydroxylation is 1. The predicted octanol–water partition coefficient (Wildman–Crippen LogP) is 2.76. The molecule has 0 bridgehead atoms. The van der Waals surface area contributed by atoms with Crippen LogP contribution in [0, 0.1) is 13.8 Å². The first-order valence-electron chi connectivity index (χ1n) is 9.29. The molecule has 2 heterocycles. The highest BCUT2D eigenvalue weighted by atomic mass is 32.2. The molecule has 2 N–H and O–H groups in total. The third kappa shape index (κ3) is 4.51. The van der Waals surface area contributed by atoms with E-state index < -0.39 is 0 Å². The highest BCUT2D eigenvalue weighted by Gasteiger charge is 2.19. The van der Waals surface area contributed by atoms with Gasteiger partial charge in [-0.2, -0.15) is 0 Å². The molecule has 0 aliphatic carbocycles. The molecule has 1 aromatic carbocycles. The molecule has 0 atom stereocenters. The Kier molecular flexibility index (Phi) is 6.38. The van der Waals surface area contributed by atoms with Gasteiger partial charge in [-0.1, -0.05) is 36.9 Å². The SMILES string of the molecule is CCCn1c(SCC(=O)c2cc(C)n(NC(=O)c3ccccc3)c2C)n[nH]c1=O. The Labute approximate surface area is 172 Å².